The molecule has 1 unspecified atom stereocenters. The van der Waals surface area contributed by atoms with Gasteiger partial charge in [-0.3, -0.25) is 10.1 Å². The third-order valence-electron chi connectivity index (χ3n) is 5.99. The molecule has 42 heavy (non-hydrogen) atoms. The Morgan fingerprint density at radius 3 is 1.83 bits per heavy atom. The molecule has 1 aromatic carbocycles. The molecule has 1 atom stereocenters. The summed E-state index contributed by atoms with van der Waals surface area (Å²) < 4.78 is 5.03. The predicted molar refractivity (Wildman–Crippen MR) is 170 cm³/mol. The maximum absolute atomic E-state index is 12.4. The van der Waals surface area contributed by atoms with Crippen LogP contribution in [0.15, 0.2) is 91.1 Å². The summed E-state index contributed by atoms with van der Waals surface area (Å²) in [6.07, 6.45) is 31.9. The Bertz CT molecular complexity index is 1130. The molecule has 0 aliphatic heterocycles. The molecule has 1 aromatic rings. The minimum atomic E-state index is -1.32. The van der Waals surface area contributed by atoms with Gasteiger partial charge in [-0.15, -0.1) is 0 Å². The summed E-state index contributed by atoms with van der Waals surface area (Å²) in [7, 11) is 0. The average Bonchev–Trinajstić information content (AvgIpc) is 2.97. The lowest BCUT2D eigenvalue weighted by molar-refractivity contribution is -0.125. The van der Waals surface area contributed by atoms with Crippen molar-refractivity contribution in [1.29, 1.82) is 0 Å². The molecule has 0 heterocycles. The third-order valence-corrected chi connectivity index (χ3v) is 5.99. The first-order valence-corrected chi connectivity index (χ1v) is 14.6. The zero-order valence-electron chi connectivity index (χ0n) is 24.8. The number of hydrogen-bond donors (Lipinski definition) is 4. The molecule has 8 nitrogen and oxygen atoms in total. The number of carboxylic acid groups (broad SMARTS) is 1. The van der Waals surface area contributed by atoms with Crippen LogP contribution in [0.5, 0.6) is 5.75 Å². The number of carbonyl (C=O) groups excluding carboxylic acids is 2. The van der Waals surface area contributed by atoms with E-state index in [1.54, 1.807) is 0 Å². The molecular formula is C34H46N2O6. The van der Waals surface area contributed by atoms with Crippen molar-refractivity contribution in [2.45, 2.75) is 65.2 Å². The van der Waals surface area contributed by atoms with Crippen LogP contribution in [-0.4, -0.2) is 41.3 Å². The van der Waals surface area contributed by atoms with Crippen molar-refractivity contribution in [3.63, 3.8) is 0 Å². The number of allylic oxidation sites excluding steroid dienone is 12. The Balaban J connectivity index is 2.18. The molecule has 4 N–H and O–H groups in total. The van der Waals surface area contributed by atoms with Crippen molar-refractivity contribution in [2.75, 3.05) is 18.5 Å². The number of rotatable bonds is 20. The van der Waals surface area contributed by atoms with E-state index in [1.807, 2.05) is 13.0 Å². The van der Waals surface area contributed by atoms with Gasteiger partial charge < -0.3 is 20.3 Å². The number of carboxylic acids is 1. The van der Waals surface area contributed by atoms with Crippen molar-refractivity contribution in [1.82, 2.24) is 5.32 Å². The highest BCUT2D eigenvalue weighted by Crippen LogP contribution is 2.21. The fourth-order valence-corrected chi connectivity index (χ4v) is 3.64. The van der Waals surface area contributed by atoms with Crippen LogP contribution in [0.25, 0.3) is 0 Å². The standard InChI is InChI=1S/C34H46N2O6/c1-3-5-6-7-8-9-10-11-12-13-14-15-16-17-18-19-20-21-22-28(4-2)32(38)35-25-26-42-34(41)36-29-23-24-31(37)30(27-29)33(39)40/h5-6,8-9,11-12,14-15,17-18,20-21,23-24,27-28,37H,3-4,7,10,13,16,19,22,25-26H2,1-2H3,(H,35,38)(H,36,41)(H,39,40)/b6-5-,9-8-,12-11-,15-14-,18-17-,21-20-. The van der Waals surface area contributed by atoms with E-state index in [4.69, 9.17) is 9.84 Å². The fraction of sp³-hybridized carbons (Fsp3) is 0.382. The van der Waals surface area contributed by atoms with Gasteiger partial charge in [-0.1, -0.05) is 86.8 Å². The van der Waals surface area contributed by atoms with Gasteiger partial charge in [0.25, 0.3) is 0 Å². The van der Waals surface area contributed by atoms with Crippen LogP contribution >= 0.6 is 0 Å². The Hall–Kier alpha value is -4.33. The Morgan fingerprint density at radius 1 is 0.810 bits per heavy atom. The molecular weight excluding hydrogens is 532 g/mol. The quantitative estimate of drug-likeness (QED) is 0.0709. The highest BCUT2D eigenvalue weighted by Gasteiger charge is 2.15. The molecule has 0 aromatic heterocycles. The predicted octanol–water partition coefficient (Wildman–Crippen LogP) is 7.87. The molecule has 0 aliphatic rings. The van der Waals surface area contributed by atoms with Gasteiger partial charge >= 0.3 is 12.1 Å². The molecule has 0 aliphatic carbocycles. The van der Waals surface area contributed by atoms with Gasteiger partial charge in [0.2, 0.25) is 5.91 Å². The number of aromatic hydroxyl groups is 1. The minimum absolute atomic E-state index is 0.0439. The van der Waals surface area contributed by atoms with E-state index in [-0.39, 0.29) is 36.2 Å². The molecule has 1 rings (SSSR count). The SMILES string of the molecule is CC/C=C\C/C=C\C/C=C\C/C=C\C/C=C\C/C=C\CC(CC)C(=O)NCCOC(=O)Nc1ccc(O)c(C(=O)O)c1. The molecule has 0 saturated carbocycles. The van der Waals surface area contributed by atoms with Gasteiger partial charge in [-0.2, -0.15) is 0 Å². The summed E-state index contributed by atoms with van der Waals surface area (Å²) >= 11 is 0. The minimum Gasteiger partial charge on any atom is -0.507 e. The van der Waals surface area contributed by atoms with Gasteiger partial charge in [-0.25, -0.2) is 9.59 Å². The van der Waals surface area contributed by atoms with Gasteiger partial charge in [0.05, 0.1) is 6.54 Å². The summed E-state index contributed by atoms with van der Waals surface area (Å²) in [5.41, 5.74) is -0.167. The largest absolute Gasteiger partial charge is 0.507 e. The normalized spacial score (nSPS) is 12.8. The average molecular weight is 579 g/mol. The number of ether oxygens (including phenoxy) is 1. The number of hydrogen-bond acceptors (Lipinski definition) is 5. The maximum Gasteiger partial charge on any atom is 0.411 e. The number of amides is 2. The lowest BCUT2D eigenvalue weighted by Crippen LogP contribution is -2.33. The van der Waals surface area contributed by atoms with E-state index in [0.717, 1.165) is 44.6 Å². The first-order chi connectivity index (χ1) is 20.4. The molecule has 0 fully saturated rings. The van der Waals surface area contributed by atoms with Crippen LogP contribution in [-0.2, 0) is 9.53 Å². The lowest BCUT2D eigenvalue weighted by Gasteiger charge is -2.13. The summed E-state index contributed by atoms with van der Waals surface area (Å²) in [5.74, 6) is -2.00. The third kappa shape index (κ3) is 17.4. The van der Waals surface area contributed by atoms with Crippen molar-refractivity contribution >= 4 is 23.7 Å². The second-order valence-electron chi connectivity index (χ2n) is 9.35. The molecule has 0 saturated heterocycles. The summed E-state index contributed by atoms with van der Waals surface area (Å²) in [6.45, 7) is 4.20. The molecule has 228 valence electrons. The van der Waals surface area contributed by atoms with Gasteiger partial charge in [-0.05, 0) is 69.6 Å². The van der Waals surface area contributed by atoms with Gasteiger partial charge in [0.15, 0.2) is 0 Å². The van der Waals surface area contributed by atoms with Crippen molar-refractivity contribution in [3.05, 3.63) is 96.7 Å². The Labute approximate surface area is 250 Å². The summed E-state index contributed by atoms with van der Waals surface area (Å²) in [4.78, 5) is 35.4. The van der Waals surface area contributed by atoms with E-state index < -0.39 is 17.8 Å². The van der Waals surface area contributed by atoms with E-state index in [1.165, 1.54) is 12.1 Å². The molecule has 0 bridgehead atoms. The topological polar surface area (TPSA) is 125 Å². The zero-order chi connectivity index (χ0) is 30.8. The van der Waals surface area contributed by atoms with Crippen LogP contribution in [0.4, 0.5) is 10.5 Å². The lowest BCUT2D eigenvalue weighted by atomic mass is 10.0. The van der Waals surface area contributed by atoms with Crippen LogP contribution in [0.2, 0.25) is 0 Å². The zero-order valence-corrected chi connectivity index (χ0v) is 24.8. The Morgan fingerprint density at radius 2 is 1.33 bits per heavy atom. The van der Waals surface area contributed by atoms with Crippen LogP contribution < -0.4 is 10.6 Å². The molecule has 0 spiro atoms. The second-order valence-corrected chi connectivity index (χ2v) is 9.35. The first kappa shape index (κ1) is 35.7. The second kappa shape index (κ2) is 23.4. The molecule has 0 radical (unpaired) electrons. The highest BCUT2D eigenvalue weighted by molar-refractivity contribution is 5.94. The van der Waals surface area contributed by atoms with Crippen LogP contribution in [0.1, 0.15) is 75.6 Å². The Kier molecular flexibility index (Phi) is 19.9. The van der Waals surface area contributed by atoms with Crippen LogP contribution in [0, 0.1) is 5.92 Å². The van der Waals surface area contributed by atoms with E-state index in [9.17, 15) is 19.5 Å². The van der Waals surface area contributed by atoms with Gasteiger partial charge in [0.1, 0.15) is 17.9 Å². The number of phenols is 1. The number of benzene rings is 1. The maximum atomic E-state index is 12.4. The van der Waals surface area contributed by atoms with Crippen molar-refractivity contribution in [2.24, 2.45) is 5.92 Å². The number of nitrogens with one attached hydrogen (secondary N) is 2. The first-order valence-electron chi connectivity index (χ1n) is 14.6. The van der Waals surface area contributed by atoms with Gasteiger partial charge in [0, 0.05) is 11.6 Å². The fourth-order valence-electron chi connectivity index (χ4n) is 3.64. The summed E-state index contributed by atoms with van der Waals surface area (Å²) in [5, 5.41) is 23.7. The van der Waals surface area contributed by atoms with Crippen molar-refractivity contribution in [3.8, 4) is 5.75 Å². The summed E-state index contributed by atoms with van der Waals surface area (Å²) in [6, 6.07) is 3.65. The van der Waals surface area contributed by atoms with Crippen LogP contribution in [0.3, 0.4) is 0 Å². The molecule has 2 amide bonds. The highest BCUT2D eigenvalue weighted by atomic mass is 16.5. The van der Waals surface area contributed by atoms with E-state index in [0.29, 0.717) is 12.8 Å². The van der Waals surface area contributed by atoms with E-state index in [2.05, 4.69) is 84.4 Å². The number of carbonyl (C=O) groups is 3. The van der Waals surface area contributed by atoms with Crippen molar-refractivity contribution < 1.29 is 29.3 Å². The number of aromatic carboxylic acids is 1. The monoisotopic (exact) mass is 578 g/mol. The molecule has 8 heteroatoms. The smallest absolute Gasteiger partial charge is 0.411 e. The number of anilines is 1. The van der Waals surface area contributed by atoms with E-state index >= 15 is 0 Å².